The van der Waals surface area contributed by atoms with Crippen molar-refractivity contribution >= 4 is 120 Å². The van der Waals surface area contributed by atoms with Crippen molar-refractivity contribution in [1.82, 2.24) is 0 Å². The van der Waals surface area contributed by atoms with Gasteiger partial charge in [-0.1, -0.05) is 115 Å². The molecule has 9 aromatic carbocycles. The molecule has 12 aromatic rings. The maximum atomic E-state index is 6.94. The molecule has 268 valence electrons. The Morgan fingerprint density at radius 1 is 0.368 bits per heavy atom. The first kappa shape index (κ1) is 32.0. The lowest BCUT2D eigenvalue weighted by Gasteiger charge is -2.34. The Morgan fingerprint density at radius 3 is 1.88 bits per heavy atom. The maximum absolute atomic E-state index is 6.94. The molecule has 5 heteroatoms. The zero-order valence-corrected chi connectivity index (χ0v) is 31.4. The van der Waals surface area contributed by atoms with Crippen LogP contribution in [0.2, 0.25) is 0 Å². The van der Waals surface area contributed by atoms with E-state index >= 15 is 0 Å². The summed E-state index contributed by atoms with van der Waals surface area (Å²) in [6.45, 7) is 0. The van der Waals surface area contributed by atoms with Gasteiger partial charge in [-0.25, -0.2) is 0 Å². The van der Waals surface area contributed by atoms with Gasteiger partial charge in [-0.2, -0.15) is 0 Å². The first-order valence-electron chi connectivity index (χ1n) is 19.2. The Morgan fingerprint density at radius 2 is 1.04 bits per heavy atom. The van der Waals surface area contributed by atoms with Crippen LogP contribution in [0.4, 0.5) is 34.1 Å². The van der Waals surface area contributed by atoms with E-state index < -0.39 is 0 Å². The van der Waals surface area contributed by atoms with E-state index in [1.165, 1.54) is 20.2 Å². The van der Waals surface area contributed by atoms with Crippen molar-refractivity contribution in [2.45, 2.75) is 0 Å². The highest BCUT2D eigenvalue weighted by Gasteiger charge is 2.29. The molecule has 3 aromatic heterocycles. The van der Waals surface area contributed by atoms with E-state index in [0.717, 1.165) is 88.8 Å². The van der Waals surface area contributed by atoms with Gasteiger partial charge in [0, 0.05) is 54.1 Å². The molecular weight excluding hydrogens is 717 g/mol. The smallest absolute Gasteiger partial charge is 0.143 e. The molecule has 0 amide bonds. The molecule has 0 bridgehead atoms. The molecule has 3 heterocycles. The third kappa shape index (κ3) is 4.93. The average Bonchev–Trinajstić information content (AvgIpc) is 3.97. The summed E-state index contributed by atoms with van der Waals surface area (Å²) < 4.78 is 15.8. The molecule has 0 radical (unpaired) electrons. The number of thiophene rings is 1. The number of fused-ring (bicyclic) bond motifs is 11. The van der Waals surface area contributed by atoms with Crippen LogP contribution in [0.15, 0.2) is 203 Å². The van der Waals surface area contributed by atoms with Crippen molar-refractivity contribution in [3.8, 4) is 0 Å². The average molecular weight is 749 g/mol. The number of hydrogen-bond acceptors (Lipinski definition) is 5. The molecule has 12 rings (SSSR count). The molecule has 0 aliphatic rings. The Bertz CT molecular complexity index is 3490. The van der Waals surface area contributed by atoms with Crippen LogP contribution in [0.25, 0.3) is 74.8 Å². The predicted octanol–water partition coefficient (Wildman–Crippen LogP) is 15.9. The van der Waals surface area contributed by atoms with E-state index in [2.05, 4.69) is 192 Å². The minimum Gasteiger partial charge on any atom is -0.456 e. The van der Waals surface area contributed by atoms with Crippen LogP contribution in [-0.4, -0.2) is 0 Å². The van der Waals surface area contributed by atoms with Crippen LogP contribution < -0.4 is 9.80 Å². The van der Waals surface area contributed by atoms with Crippen LogP contribution in [0, 0.1) is 0 Å². The summed E-state index contributed by atoms with van der Waals surface area (Å²) in [5.74, 6) is 0. The summed E-state index contributed by atoms with van der Waals surface area (Å²) in [6.07, 6.45) is 0. The summed E-state index contributed by atoms with van der Waals surface area (Å²) >= 11 is 1.84. The van der Waals surface area contributed by atoms with E-state index in [9.17, 15) is 0 Å². The second-order valence-corrected chi connectivity index (χ2v) is 15.5. The molecule has 0 atom stereocenters. The minimum atomic E-state index is 0.823. The highest BCUT2D eigenvalue weighted by Crippen LogP contribution is 2.54. The highest BCUT2D eigenvalue weighted by atomic mass is 32.1. The molecule has 0 unspecified atom stereocenters. The standard InChI is InChI=1S/C52H32N2O2S/c1-3-15-34(16-4-1)53(36-27-30-46-42(32-36)38-20-9-11-24-45(38)55-46)50-43(29-31-47-49(50)41-28-26-33-14-7-8-19-37(33)51(41)56-47)54(35-17-5-2-6-18-35)44-23-13-22-40-39-21-10-12-25-48(39)57-52(40)44/h1-32H. The lowest BCUT2D eigenvalue weighted by atomic mass is 10.0. The van der Waals surface area contributed by atoms with Crippen LogP contribution >= 0.6 is 11.3 Å². The molecule has 0 saturated carbocycles. The van der Waals surface area contributed by atoms with Crippen molar-refractivity contribution in [3.05, 3.63) is 194 Å². The predicted molar refractivity (Wildman–Crippen MR) is 241 cm³/mol. The molecule has 4 nitrogen and oxygen atoms in total. The van der Waals surface area contributed by atoms with Crippen molar-refractivity contribution in [2.75, 3.05) is 9.80 Å². The van der Waals surface area contributed by atoms with E-state index in [4.69, 9.17) is 8.83 Å². The number of para-hydroxylation sites is 3. The fourth-order valence-electron chi connectivity index (χ4n) is 8.70. The van der Waals surface area contributed by atoms with Crippen LogP contribution in [0.1, 0.15) is 0 Å². The summed E-state index contributed by atoms with van der Waals surface area (Å²) in [4.78, 5) is 4.85. The first-order valence-corrected chi connectivity index (χ1v) is 20.0. The quantitative estimate of drug-likeness (QED) is 0.170. The van der Waals surface area contributed by atoms with Gasteiger partial charge < -0.3 is 18.6 Å². The van der Waals surface area contributed by atoms with Gasteiger partial charge in [0.25, 0.3) is 0 Å². The van der Waals surface area contributed by atoms with Crippen LogP contribution in [0.3, 0.4) is 0 Å². The molecule has 0 saturated heterocycles. The summed E-state index contributed by atoms with van der Waals surface area (Å²) in [5.41, 5.74) is 9.68. The molecule has 0 spiro atoms. The van der Waals surface area contributed by atoms with Gasteiger partial charge in [0.2, 0.25) is 0 Å². The van der Waals surface area contributed by atoms with Gasteiger partial charge in [0.05, 0.1) is 27.1 Å². The van der Waals surface area contributed by atoms with Crippen LogP contribution in [0.5, 0.6) is 0 Å². The monoisotopic (exact) mass is 748 g/mol. The fraction of sp³-hybridized carbons (Fsp3) is 0. The summed E-state index contributed by atoms with van der Waals surface area (Å²) in [6, 6.07) is 69.0. The number of anilines is 6. The van der Waals surface area contributed by atoms with E-state index in [1.807, 2.05) is 23.5 Å². The van der Waals surface area contributed by atoms with Gasteiger partial charge in [-0.05, 0) is 84.2 Å². The molecular formula is C52H32N2O2S. The minimum absolute atomic E-state index is 0.823. The van der Waals surface area contributed by atoms with Crippen molar-refractivity contribution in [2.24, 2.45) is 0 Å². The molecule has 0 N–H and O–H groups in total. The molecule has 0 aliphatic carbocycles. The highest BCUT2D eigenvalue weighted by molar-refractivity contribution is 7.26. The van der Waals surface area contributed by atoms with Gasteiger partial charge in [-0.3, -0.25) is 0 Å². The number of benzene rings is 9. The topological polar surface area (TPSA) is 32.8 Å². The molecule has 57 heavy (non-hydrogen) atoms. The zero-order chi connectivity index (χ0) is 37.5. The number of rotatable bonds is 6. The van der Waals surface area contributed by atoms with Gasteiger partial charge in [-0.15, -0.1) is 11.3 Å². The zero-order valence-electron chi connectivity index (χ0n) is 30.6. The number of furan rings is 2. The molecule has 0 fully saturated rings. The summed E-state index contributed by atoms with van der Waals surface area (Å²) in [7, 11) is 0. The number of hydrogen-bond donors (Lipinski definition) is 0. The second-order valence-electron chi connectivity index (χ2n) is 14.4. The van der Waals surface area contributed by atoms with Gasteiger partial charge in [0.15, 0.2) is 0 Å². The third-order valence-corrected chi connectivity index (χ3v) is 12.4. The third-order valence-electron chi connectivity index (χ3n) is 11.2. The van der Waals surface area contributed by atoms with E-state index in [1.54, 1.807) is 0 Å². The van der Waals surface area contributed by atoms with Crippen molar-refractivity contribution < 1.29 is 8.83 Å². The largest absolute Gasteiger partial charge is 0.456 e. The normalized spacial score (nSPS) is 11.9. The van der Waals surface area contributed by atoms with Crippen molar-refractivity contribution in [1.29, 1.82) is 0 Å². The Kier molecular flexibility index (Phi) is 7.06. The summed E-state index contributed by atoms with van der Waals surface area (Å²) in [5, 5.41) is 9.00. The molecule has 0 aliphatic heterocycles. The Labute approximate surface area is 331 Å². The van der Waals surface area contributed by atoms with Crippen LogP contribution in [-0.2, 0) is 0 Å². The lowest BCUT2D eigenvalue weighted by Crippen LogP contribution is -2.17. The maximum Gasteiger partial charge on any atom is 0.143 e. The first-order chi connectivity index (χ1) is 28.3. The van der Waals surface area contributed by atoms with E-state index in [-0.39, 0.29) is 0 Å². The van der Waals surface area contributed by atoms with Gasteiger partial charge >= 0.3 is 0 Å². The fourth-order valence-corrected chi connectivity index (χ4v) is 9.91. The lowest BCUT2D eigenvalue weighted by molar-refractivity contribution is 0.669. The van der Waals surface area contributed by atoms with Gasteiger partial charge in [0.1, 0.15) is 22.3 Å². The number of nitrogens with zero attached hydrogens (tertiary/aromatic N) is 2. The van der Waals surface area contributed by atoms with Crippen molar-refractivity contribution in [3.63, 3.8) is 0 Å². The second kappa shape index (κ2) is 12.6. The Hall–Kier alpha value is -7.34. The SMILES string of the molecule is c1ccc(N(c2ccc3oc4c5ccccc5ccc4c3c2N(c2ccccc2)c2ccc3oc4ccccc4c3c2)c2cccc3c2sc2ccccc23)cc1. The Balaban J connectivity index is 1.24. The van der Waals surface area contributed by atoms with E-state index in [0.29, 0.717) is 0 Å².